The lowest BCUT2D eigenvalue weighted by molar-refractivity contribution is -0.0134. The molecule has 0 rings (SSSR count). The first-order valence-corrected chi connectivity index (χ1v) is 6.90. The summed E-state index contributed by atoms with van der Waals surface area (Å²) in [7, 11) is 1.65. The molecule has 0 N–H and O–H groups in total. The average molecular weight is 292 g/mol. The van der Waals surface area contributed by atoms with Gasteiger partial charge >= 0.3 is 0 Å². The molecule has 120 valence electrons. The number of hydrogen-bond acceptors (Lipinski definition) is 6. The summed E-state index contributed by atoms with van der Waals surface area (Å²) in [5, 5.41) is 0. The molecule has 0 saturated heterocycles. The minimum absolute atomic E-state index is 0.562. The Bertz CT molecular complexity index is 189. The summed E-state index contributed by atoms with van der Waals surface area (Å²) < 4.78 is 31.2. The summed E-state index contributed by atoms with van der Waals surface area (Å²) in [6, 6.07) is 0. The van der Waals surface area contributed by atoms with Crippen LogP contribution in [0.4, 0.5) is 0 Å². The van der Waals surface area contributed by atoms with E-state index in [1.54, 1.807) is 13.2 Å². The maximum absolute atomic E-state index is 5.34. The van der Waals surface area contributed by atoms with Crippen LogP contribution >= 0.6 is 0 Å². The Kier molecular flexibility index (Phi) is 18.0. The Morgan fingerprint density at radius 3 is 1.30 bits per heavy atom. The molecule has 0 aromatic carbocycles. The van der Waals surface area contributed by atoms with E-state index in [0.29, 0.717) is 72.7 Å². The maximum atomic E-state index is 5.34. The van der Waals surface area contributed by atoms with Crippen LogP contribution < -0.4 is 0 Å². The van der Waals surface area contributed by atoms with E-state index in [1.807, 2.05) is 0 Å². The van der Waals surface area contributed by atoms with Crippen molar-refractivity contribution >= 4 is 0 Å². The van der Waals surface area contributed by atoms with Gasteiger partial charge in [-0.2, -0.15) is 0 Å². The molecule has 0 radical (unpaired) electrons. The molecule has 6 heteroatoms. The van der Waals surface area contributed by atoms with Crippen LogP contribution in [-0.2, 0) is 28.4 Å². The third-order valence-corrected chi connectivity index (χ3v) is 2.16. The number of rotatable bonds is 17. The molecule has 0 fully saturated rings. The zero-order valence-electron chi connectivity index (χ0n) is 12.5. The number of methoxy groups -OCH3 is 1. The van der Waals surface area contributed by atoms with E-state index in [9.17, 15) is 0 Å². The fourth-order valence-electron chi connectivity index (χ4n) is 1.19. The fraction of sp³-hybridized carbons (Fsp3) is 0.857. The summed E-state index contributed by atoms with van der Waals surface area (Å²) in [5.41, 5.74) is 0. The molecule has 0 heterocycles. The minimum Gasteiger partial charge on any atom is -0.382 e. The molecule has 0 saturated carbocycles. The lowest BCUT2D eigenvalue weighted by Gasteiger charge is -2.07. The predicted octanol–water partition coefficient (Wildman–Crippen LogP) is 0.902. The second-order valence-corrected chi connectivity index (χ2v) is 3.81. The van der Waals surface area contributed by atoms with Crippen LogP contribution in [0.25, 0.3) is 0 Å². The van der Waals surface area contributed by atoms with Crippen LogP contribution in [-0.4, -0.2) is 79.8 Å². The van der Waals surface area contributed by atoms with Crippen molar-refractivity contribution in [3.8, 4) is 0 Å². The van der Waals surface area contributed by atoms with Crippen LogP contribution in [0.3, 0.4) is 0 Å². The first-order chi connectivity index (χ1) is 9.91. The first kappa shape index (κ1) is 19.5. The van der Waals surface area contributed by atoms with Gasteiger partial charge in [0.2, 0.25) is 0 Å². The standard InChI is InChI=1S/C14H28O6/c1-3-4-16-7-8-18-11-12-20-14-13-19-10-9-17-6-5-15-2/h3H,1,4-14H2,2H3. The second kappa shape index (κ2) is 18.5. The largest absolute Gasteiger partial charge is 0.382 e. The summed E-state index contributed by atoms with van der Waals surface area (Å²) in [6.45, 7) is 9.91. The van der Waals surface area contributed by atoms with E-state index in [1.165, 1.54) is 0 Å². The molecule has 0 aliphatic heterocycles. The Morgan fingerprint density at radius 2 is 0.950 bits per heavy atom. The van der Waals surface area contributed by atoms with Gasteiger partial charge in [0.25, 0.3) is 0 Å². The summed E-state index contributed by atoms with van der Waals surface area (Å²) in [6.07, 6.45) is 1.71. The molecule has 0 aromatic rings. The average Bonchev–Trinajstić information content (AvgIpc) is 2.47. The fourth-order valence-corrected chi connectivity index (χ4v) is 1.19. The molecule has 0 aliphatic carbocycles. The summed E-state index contributed by atoms with van der Waals surface area (Å²) in [5.74, 6) is 0. The van der Waals surface area contributed by atoms with Gasteiger partial charge in [-0.25, -0.2) is 0 Å². The predicted molar refractivity (Wildman–Crippen MR) is 76.2 cm³/mol. The van der Waals surface area contributed by atoms with Crippen molar-refractivity contribution < 1.29 is 28.4 Å². The third kappa shape index (κ3) is 17.5. The van der Waals surface area contributed by atoms with E-state index >= 15 is 0 Å². The van der Waals surface area contributed by atoms with E-state index in [4.69, 9.17) is 28.4 Å². The Balaban J connectivity index is 2.90. The monoisotopic (exact) mass is 292 g/mol. The third-order valence-electron chi connectivity index (χ3n) is 2.16. The molecular weight excluding hydrogens is 264 g/mol. The highest BCUT2D eigenvalue weighted by Crippen LogP contribution is 1.84. The van der Waals surface area contributed by atoms with Gasteiger partial charge in [-0.1, -0.05) is 6.08 Å². The van der Waals surface area contributed by atoms with Gasteiger partial charge in [-0.05, 0) is 0 Å². The van der Waals surface area contributed by atoms with Crippen molar-refractivity contribution in [3.63, 3.8) is 0 Å². The highest BCUT2D eigenvalue weighted by molar-refractivity contribution is 4.63. The van der Waals surface area contributed by atoms with E-state index in [2.05, 4.69) is 6.58 Å². The lowest BCUT2D eigenvalue weighted by Crippen LogP contribution is -2.13. The highest BCUT2D eigenvalue weighted by atomic mass is 16.6. The van der Waals surface area contributed by atoms with Crippen LogP contribution in [0.1, 0.15) is 0 Å². The molecule has 0 unspecified atom stereocenters. The van der Waals surface area contributed by atoms with E-state index < -0.39 is 0 Å². The highest BCUT2D eigenvalue weighted by Gasteiger charge is 1.92. The lowest BCUT2D eigenvalue weighted by atomic mass is 10.6. The number of ether oxygens (including phenoxy) is 6. The molecule has 0 spiro atoms. The van der Waals surface area contributed by atoms with Crippen molar-refractivity contribution in [1.29, 1.82) is 0 Å². The van der Waals surface area contributed by atoms with Crippen molar-refractivity contribution in [2.24, 2.45) is 0 Å². The quantitative estimate of drug-likeness (QED) is 0.293. The molecule has 20 heavy (non-hydrogen) atoms. The zero-order chi connectivity index (χ0) is 14.7. The Hall–Kier alpha value is -0.500. The normalized spacial score (nSPS) is 10.8. The van der Waals surface area contributed by atoms with E-state index in [0.717, 1.165) is 0 Å². The maximum Gasteiger partial charge on any atom is 0.0704 e. The van der Waals surface area contributed by atoms with Gasteiger partial charge in [0, 0.05) is 7.11 Å². The van der Waals surface area contributed by atoms with Crippen LogP contribution in [0.5, 0.6) is 0 Å². The van der Waals surface area contributed by atoms with Gasteiger partial charge < -0.3 is 28.4 Å². The smallest absolute Gasteiger partial charge is 0.0704 e. The van der Waals surface area contributed by atoms with Crippen molar-refractivity contribution in [2.75, 3.05) is 79.8 Å². The second-order valence-electron chi connectivity index (χ2n) is 3.81. The van der Waals surface area contributed by atoms with Gasteiger partial charge in [-0.3, -0.25) is 0 Å². The molecular formula is C14H28O6. The molecule has 0 aliphatic rings. The molecule has 0 aromatic heterocycles. The minimum atomic E-state index is 0.562. The molecule has 0 atom stereocenters. The Labute approximate surface area is 121 Å². The Morgan fingerprint density at radius 1 is 0.600 bits per heavy atom. The van der Waals surface area contributed by atoms with Gasteiger partial charge in [0.15, 0.2) is 0 Å². The molecule has 0 bridgehead atoms. The summed E-state index contributed by atoms with van der Waals surface area (Å²) in [4.78, 5) is 0. The SMILES string of the molecule is C=CCOCCOCCOCCOCCOCCOC. The zero-order valence-corrected chi connectivity index (χ0v) is 12.5. The number of hydrogen-bond donors (Lipinski definition) is 0. The van der Waals surface area contributed by atoms with Crippen LogP contribution in [0, 0.1) is 0 Å². The van der Waals surface area contributed by atoms with Crippen molar-refractivity contribution in [3.05, 3.63) is 12.7 Å². The molecule has 6 nitrogen and oxygen atoms in total. The van der Waals surface area contributed by atoms with Crippen LogP contribution in [0.2, 0.25) is 0 Å². The van der Waals surface area contributed by atoms with Gasteiger partial charge in [-0.15, -0.1) is 6.58 Å². The van der Waals surface area contributed by atoms with Gasteiger partial charge in [0.05, 0.1) is 72.7 Å². The molecule has 0 amide bonds. The van der Waals surface area contributed by atoms with Crippen molar-refractivity contribution in [1.82, 2.24) is 0 Å². The van der Waals surface area contributed by atoms with Crippen LogP contribution in [0.15, 0.2) is 12.7 Å². The van der Waals surface area contributed by atoms with Crippen molar-refractivity contribution in [2.45, 2.75) is 0 Å². The van der Waals surface area contributed by atoms with E-state index in [-0.39, 0.29) is 0 Å². The topological polar surface area (TPSA) is 55.4 Å². The first-order valence-electron chi connectivity index (χ1n) is 6.90. The van der Waals surface area contributed by atoms with Gasteiger partial charge in [0.1, 0.15) is 0 Å². The summed E-state index contributed by atoms with van der Waals surface area (Å²) >= 11 is 0.